The van der Waals surface area contributed by atoms with E-state index in [0.717, 1.165) is 32.1 Å². The van der Waals surface area contributed by atoms with Gasteiger partial charge in [-0.2, -0.15) is 4.31 Å². The maximum absolute atomic E-state index is 11.8. The van der Waals surface area contributed by atoms with Crippen LogP contribution in [0.5, 0.6) is 0 Å². The molecule has 7 heteroatoms. The number of nitrogens with one attached hydrogen (secondary N) is 1. The van der Waals surface area contributed by atoms with Gasteiger partial charge in [-0.3, -0.25) is 4.99 Å². The van der Waals surface area contributed by atoms with E-state index < -0.39 is 10.0 Å². The van der Waals surface area contributed by atoms with Gasteiger partial charge >= 0.3 is 0 Å². The van der Waals surface area contributed by atoms with Gasteiger partial charge in [0.25, 0.3) is 0 Å². The molecular weight excluding hydrogens is 300 g/mol. The number of guanidine groups is 1. The van der Waals surface area contributed by atoms with Crippen LogP contribution in [0.4, 0.5) is 0 Å². The van der Waals surface area contributed by atoms with Crippen LogP contribution in [0.15, 0.2) is 4.99 Å². The second-order valence-electron chi connectivity index (χ2n) is 6.58. The minimum absolute atomic E-state index is 0.0433. The Morgan fingerprint density at radius 2 is 1.77 bits per heavy atom. The highest BCUT2D eigenvalue weighted by Crippen LogP contribution is 2.20. The van der Waals surface area contributed by atoms with E-state index in [-0.39, 0.29) is 6.04 Å². The fourth-order valence-corrected chi connectivity index (χ4v) is 4.65. The molecule has 0 amide bonds. The molecule has 2 aliphatic rings. The molecule has 6 nitrogen and oxygen atoms in total. The maximum Gasteiger partial charge on any atom is 0.211 e. The van der Waals surface area contributed by atoms with E-state index in [9.17, 15) is 8.42 Å². The Kier molecular flexibility index (Phi) is 6.50. The van der Waals surface area contributed by atoms with E-state index in [4.69, 9.17) is 5.73 Å². The van der Waals surface area contributed by atoms with Gasteiger partial charge in [0.15, 0.2) is 5.96 Å². The Bertz CT molecular complexity index is 470. The quantitative estimate of drug-likeness (QED) is 0.464. The molecule has 1 aliphatic carbocycles. The number of nitrogens with two attached hydrogens (primary N) is 1. The van der Waals surface area contributed by atoms with Crippen molar-refractivity contribution in [3.05, 3.63) is 0 Å². The Morgan fingerprint density at radius 3 is 2.41 bits per heavy atom. The number of hydrogen-bond acceptors (Lipinski definition) is 3. The Labute approximate surface area is 134 Å². The van der Waals surface area contributed by atoms with Crippen LogP contribution in [0.3, 0.4) is 0 Å². The second kappa shape index (κ2) is 8.15. The molecule has 0 aromatic rings. The average molecular weight is 330 g/mol. The Morgan fingerprint density at radius 1 is 1.14 bits per heavy atom. The summed E-state index contributed by atoms with van der Waals surface area (Å²) in [6, 6.07) is 0.377. The van der Waals surface area contributed by atoms with E-state index in [1.807, 2.05) is 0 Å². The second-order valence-corrected chi connectivity index (χ2v) is 8.52. The van der Waals surface area contributed by atoms with Gasteiger partial charge in [0.2, 0.25) is 10.0 Å². The zero-order valence-corrected chi connectivity index (χ0v) is 14.4. The van der Waals surface area contributed by atoms with Gasteiger partial charge in [-0.15, -0.1) is 0 Å². The van der Waals surface area contributed by atoms with Crippen molar-refractivity contribution >= 4 is 16.0 Å². The summed E-state index contributed by atoms with van der Waals surface area (Å²) < 4.78 is 25.2. The van der Waals surface area contributed by atoms with E-state index in [1.54, 1.807) is 4.31 Å². The number of aliphatic imine (C=N–C) groups is 1. The molecule has 1 saturated carbocycles. The van der Waals surface area contributed by atoms with E-state index >= 15 is 0 Å². The summed E-state index contributed by atoms with van der Waals surface area (Å²) in [4.78, 5) is 4.41. The van der Waals surface area contributed by atoms with Crippen LogP contribution in [0.2, 0.25) is 0 Å². The van der Waals surface area contributed by atoms with E-state index in [2.05, 4.69) is 10.3 Å². The van der Waals surface area contributed by atoms with Gasteiger partial charge in [0, 0.05) is 18.6 Å². The van der Waals surface area contributed by atoms with Crippen molar-refractivity contribution in [3.8, 4) is 0 Å². The molecule has 128 valence electrons. The van der Waals surface area contributed by atoms with Crippen LogP contribution in [0, 0.1) is 0 Å². The van der Waals surface area contributed by atoms with Gasteiger partial charge in [0.1, 0.15) is 0 Å². The molecule has 0 aromatic carbocycles. The van der Waals surface area contributed by atoms with Crippen molar-refractivity contribution in [2.45, 2.75) is 69.9 Å². The molecule has 2 rings (SSSR count). The predicted molar refractivity (Wildman–Crippen MR) is 90.3 cm³/mol. The first-order chi connectivity index (χ1) is 10.5. The zero-order chi connectivity index (χ0) is 16.0. The molecule has 3 N–H and O–H groups in total. The number of rotatable bonds is 4. The Balaban J connectivity index is 1.88. The van der Waals surface area contributed by atoms with Crippen LogP contribution >= 0.6 is 0 Å². The topological polar surface area (TPSA) is 87.8 Å². The molecule has 0 spiro atoms. The van der Waals surface area contributed by atoms with Crippen LogP contribution in [0.1, 0.15) is 57.8 Å². The normalized spacial score (nSPS) is 26.6. The van der Waals surface area contributed by atoms with Gasteiger partial charge in [-0.1, -0.05) is 32.1 Å². The maximum atomic E-state index is 11.8. The standard InChI is InChI=1S/C15H30N4O2S/c1-22(20,21)19-11-7-6-10-14(19)12-17-15(16)18-13-8-4-2-3-5-9-13/h13-14H,2-12H2,1H3,(H3,16,17,18). The van der Waals surface area contributed by atoms with E-state index in [0.29, 0.717) is 25.1 Å². The lowest BCUT2D eigenvalue weighted by Gasteiger charge is -2.32. The molecule has 1 atom stereocenters. The van der Waals surface area contributed by atoms with Crippen molar-refractivity contribution in [2.24, 2.45) is 10.7 Å². The van der Waals surface area contributed by atoms with Crippen LogP contribution in [-0.4, -0.2) is 50.1 Å². The van der Waals surface area contributed by atoms with Crippen molar-refractivity contribution in [1.29, 1.82) is 0 Å². The average Bonchev–Trinajstić information content (AvgIpc) is 2.73. The highest BCUT2D eigenvalue weighted by molar-refractivity contribution is 7.88. The molecule has 0 bridgehead atoms. The molecule has 1 aliphatic heterocycles. The summed E-state index contributed by atoms with van der Waals surface area (Å²) in [5.74, 6) is 0.464. The SMILES string of the molecule is CS(=O)(=O)N1CCCCC1CN=C(N)NC1CCCCCC1. The van der Waals surface area contributed by atoms with Gasteiger partial charge in [-0.05, 0) is 25.7 Å². The third kappa shape index (κ3) is 5.43. The number of hydrogen-bond donors (Lipinski definition) is 2. The fourth-order valence-electron chi connectivity index (χ4n) is 3.48. The predicted octanol–water partition coefficient (Wildman–Crippen LogP) is 1.43. The third-order valence-corrected chi connectivity index (χ3v) is 6.01. The van der Waals surface area contributed by atoms with Gasteiger partial charge < -0.3 is 11.1 Å². The summed E-state index contributed by atoms with van der Waals surface area (Å²) in [7, 11) is -3.15. The highest BCUT2D eigenvalue weighted by Gasteiger charge is 2.29. The van der Waals surface area contributed by atoms with E-state index in [1.165, 1.54) is 31.9 Å². The first-order valence-corrected chi connectivity index (χ1v) is 10.3. The molecular formula is C15H30N4O2S. The molecule has 2 fully saturated rings. The van der Waals surface area contributed by atoms with Crippen LogP contribution in [-0.2, 0) is 10.0 Å². The summed E-state index contributed by atoms with van der Waals surface area (Å²) in [5.41, 5.74) is 6.00. The summed E-state index contributed by atoms with van der Waals surface area (Å²) in [6.07, 6.45) is 11.5. The Hall–Kier alpha value is -0.820. The molecule has 1 heterocycles. The molecule has 1 unspecified atom stereocenters. The molecule has 0 aromatic heterocycles. The van der Waals surface area contributed by atoms with Crippen molar-refractivity contribution in [1.82, 2.24) is 9.62 Å². The smallest absolute Gasteiger partial charge is 0.211 e. The lowest BCUT2D eigenvalue weighted by molar-refractivity contribution is 0.259. The molecule has 22 heavy (non-hydrogen) atoms. The van der Waals surface area contributed by atoms with Crippen molar-refractivity contribution in [3.63, 3.8) is 0 Å². The number of nitrogens with zero attached hydrogens (tertiary/aromatic N) is 2. The molecule has 1 saturated heterocycles. The lowest BCUT2D eigenvalue weighted by atomic mass is 10.1. The van der Waals surface area contributed by atoms with Crippen LogP contribution < -0.4 is 11.1 Å². The van der Waals surface area contributed by atoms with Gasteiger partial charge in [0.05, 0.1) is 12.8 Å². The summed E-state index contributed by atoms with van der Waals surface area (Å²) in [5, 5.41) is 3.31. The van der Waals surface area contributed by atoms with Crippen molar-refractivity contribution in [2.75, 3.05) is 19.3 Å². The van der Waals surface area contributed by atoms with Crippen molar-refractivity contribution < 1.29 is 8.42 Å². The number of piperidine rings is 1. The van der Waals surface area contributed by atoms with Gasteiger partial charge in [-0.25, -0.2) is 8.42 Å². The first kappa shape index (κ1) is 17.5. The monoisotopic (exact) mass is 330 g/mol. The molecule has 0 radical (unpaired) electrons. The summed E-state index contributed by atoms with van der Waals surface area (Å²) in [6.45, 7) is 1.06. The third-order valence-electron chi connectivity index (χ3n) is 4.68. The zero-order valence-electron chi connectivity index (χ0n) is 13.6. The summed E-state index contributed by atoms with van der Waals surface area (Å²) >= 11 is 0. The lowest BCUT2D eigenvalue weighted by Crippen LogP contribution is -2.46. The first-order valence-electron chi connectivity index (χ1n) is 8.50. The number of sulfonamides is 1. The van der Waals surface area contributed by atoms with Crippen LogP contribution in [0.25, 0.3) is 0 Å². The highest BCUT2D eigenvalue weighted by atomic mass is 32.2. The fraction of sp³-hybridized carbons (Fsp3) is 0.933. The minimum Gasteiger partial charge on any atom is -0.370 e. The largest absolute Gasteiger partial charge is 0.370 e. The minimum atomic E-state index is -3.15.